The van der Waals surface area contributed by atoms with E-state index >= 15 is 0 Å². The number of nitrogens with zero attached hydrogens (tertiary/aromatic N) is 4. The van der Waals surface area contributed by atoms with Crippen LogP contribution in [0.15, 0.2) is 66.9 Å². The van der Waals surface area contributed by atoms with E-state index in [0.717, 1.165) is 11.1 Å². The van der Waals surface area contributed by atoms with Gasteiger partial charge in [0.25, 0.3) is 5.92 Å². The van der Waals surface area contributed by atoms with Crippen molar-refractivity contribution in [3.8, 4) is 0 Å². The molecule has 210 valence electrons. The first-order chi connectivity index (χ1) is 19.0. The van der Waals surface area contributed by atoms with Crippen molar-refractivity contribution in [3.05, 3.63) is 88.3 Å². The van der Waals surface area contributed by atoms with Crippen LogP contribution >= 0.6 is 23.2 Å². The van der Waals surface area contributed by atoms with Gasteiger partial charge in [-0.2, -0.15) is 0 Å². The van der Waals surface area contributed by atoms with Gasteiger partial charge in [0.15, 0.2) is 6.04 Å². The van der Waals surface area contributed by atoms with Crippen LogP contribution in [0, 0.1) is 5.82 Å². The van der Waals surface area contributed by atoms with E-state index in [4.69, 9.17) is 23.2 Å². The monoisotopic (exact) mass is 593 g/mol. The highest BCUT2D eigenvalue weighted by Crippen LogP contribution is 2.40. The van der Waals surface area contributed by atoms with Gasteiger partial charge in [-0.3, -0.25) is 24.7 Å². The summed E-state index contributed by atoms with van der Waals surface area (Å²) in [6.45, 7) is 0. The topological polar surface area (TPSA) is 89.0 Å². The van der Waals surface area contributed by atoms with Crippen molar-refractivity contribution in [2.24, 2.45) is 0 Å². The number of hydrazine groups is 1. The maximum absolute atomic E-state index is 14.5. The summed E-state index contributed by atoms with van der Waals surface area (Å²) in [5.41, 5.74) is 0.257. The minimum atomic E-state index is -2.89. The van der Waals surface area contributed by atoms with Gasteiger partial charge in [-0.1, -0.05) is 52.6 Å². The fourth-order valence-electron chi connectivity index (χ4n) is 4.97. The number of aromatic nitrogens is 1. The molecule has 2 N–H and O–H groups in total. The maximum Gasteiger partial charge on any atom is 0.252 e. The van der Waals surface area contributed by atoms with E-state index in [-0.39, 0.29) is 40.8 Å². The Morgan fingerprint density at radius 3 is 2.55 bits per heavy atom. The Labute approximate surface area is 237 Å². The third-order valence-electron chi connectivity index (χ3n) is 6.83. The molecule has 2 aromatic carbocycles. The van der Waals surface area contributed by atoms with E-state index in [1.807, 2.05) is 0 Å². The molecular weight excluding hydrogens is 570 g/mol. The average molecular weight is 594 g/mol. The summed E-state index contributed by atoms with van der Waals surface area (Å²) < 4.78 is 41.6. The molecule has 0 radical (unpaired) electrons. The minimum Gasteiger partial charge on any atom is -0.351 e. The quantitative estimate of drug-likeness (QED) is 0.323. The molecule has 0 spiro atoms. The van der Waals surface area contributed by atoms with Crippen molar-refractivity contribution in [2.45, 2.75) is 49.9 Å². The van der Waals surface area contributed by atoms with Crippen LogP contribution in [0.25, 0.3) is 0 Å². The molecule has 1 saturated heterocycles. The number of hydroxylamine groups is 1. The van der Waals surface area contributed by atoms with Crippen molar-refractivity contribution in [1.29, 1.82) is 0 Å². The maximum atomic E-state index is 14.5. The van der Waals surface area contributed by atoms with Gasteiger partial charge in [-0.05, 0) is 42.8 Å². The van der Waals surface area contributed by atoms with Gasteiger partial charge in [-0.25, -0.2) is 18.2 Å². The van der Waals surface area contributed by atoms with E-state index in [9.17, 15) is 28.0 Å². The summed E-state index contributed by atoms with van der Waals surface area (Å²) in [6.07, 6.45) is -0.619. The molecule has 1 aromatic heterocycles. The lowest BCUT2D eigenvalue weighted by Crippen LogP contribution is -2.59. The Balaban J connectivity index is 1.60. The van der Waals surface area contributed by atoms with Crippen molar-refractivity contribution in [3.63, 3.8) is 0 Å². The predicted octanol–water partition coefficient (Wildman–Crippen LogP) is 5.75. The number of halogens is 5. The molecule has 2 aliphatic rings. The standard InChI is InChI=1S/C27H24Cl2F3N5O3/c28-16-10-11-33-22(12-16)35-23(8-9-24(35)38)37(40)36(19-5-3-4-17(30)13-19)25(20-6-1-2-7-21(20)29)26(39)34-18-14-27(31,32)15-18/h1-7,10-13,18,23,25,40H,8-9,14-15H2,(H,34,39)/t23-,25+/m1/s1. The molecule has 13 heteroatoms. The number of amides is 2. The Morgan fingerprint density at radius 2 is 1.88 bits per heavy atom. The van der Waals surface area contributed by atoms with E-state index in [1.165, 1.54) is 53.6 Å². The normalized spacial score (nSPS) is 19.4. The summed E-state index contributed by atoms with van der Waals surface area (Å²) >= 11 is 12.6. The number of hydrogen-bond acceptors (Lipinski definition) is 6. The Bertz CT molecular complexity index is 1420. The molecular formula is C27H24Cl2F3N5O3. The molecule has 3 aromatic rings. The summed E-state index contributed by atoms with van der Waals surface area (Å²) in [6, 6.07) is 12.2. The summed E-state index contributed by atoms with van der Waals surface area (Å²) in [5, 5.41) is 16.6. The molecule has 2 atom stereocenters. The van der Waals surface area contributed by atoms with Crippen molar-refractivity contribution < 1.29 is 28.0 Å². The van der Waals surface area contributed by atoms with Crippen molar-refractivity contribution in [1.82, 2.24) is 15.5 Å². The van der Waals surface area contributed by atoms with E-state index in [1.54, 1.807) is 12.1 Å². The van der Waals surface area contributed by atoms with Gasteiger partial charge in [0, 0.05) is 47.1 Å². The summed E-state index contributed by atoms with van der Waals surface area (Å²) in [5.74, 6) is -4.52. The van der Waals surface area contributed by atoms with E-state index in [2.05, 4.69) is 10.3 Å². The zero-order valence-electron chi connectivity index (χ0n) is 20.9. The molecule has 0 unspecified atom stereocenters. The Kier molecular flexibility index (Phi) is 7.92. The van der Waals surface area contributed by atoms with Gasteiger partial charge in [-0.15, -0.1) is 0 Å². The summed E-state index contributed by atoms with van der Waals surface area (Å²) in [7, 11) is 0. The molecule has 5 rings (SSSR count). The lowest BCUT2D eigenvalue weighted by atomic mass is 9.88. The largest absolute Gasteiger partial charge is 0.351 e. The highest BCUT2D eigenvalue weighted by Gasteiger charge is 2.48. The van der Waals surface area contributed by atoms with Crippen LogP contribution in [0.2, 0.25) is 10.0 Å². The molecule has 1 saturated carbocycles. The minimum absolute atomic E-state index is 0.0347. The number of benzene rings is 2. The number of alkyl halides is 2. The van der Waals surface area contributed by atoms with Crippen LogP contribution in [-0.2, 0) is 9.59 Å². The second-order valence-corrected chi connectivity index (χ2v) is 10.5. The van der Waals surface area contributed by atoms with Crippen LogP contribution in [0.5, 0.6) is 0 Å². The Morgan fingerprint density at radius 1 is 1.12 bits per heavy atom. The third-order valence-corrected chi connectivity index (χ3v) is 7.41. The Hall–Kier alpha value is -3.38. The van der Waals surface area contributed by atoms with Gasteiger partial charge < -0.3 is 5.32 Å². The number of carbonyl (C=O) groups excluding carboxylic acids is 2. The SMILES string of the molecule is O=C(NC1CC(F)(F)C1)[C@H](c1ccccc1Cl)N(c1cccc(F)c1)N(O)[C@@H]1CCC(=O)N1c1cc(Cl)ccn1. The lowest BCUT2D eigenvalue weighted by Gasteiger charge is -2.43. The second-order valence-electron chi connectivity index (χ2n) is 9.65. The van der Waals surface area contributed by atoms with Gasteiger partial charge in [0.2, 0.25) is 11.8 Å². The first-order valence-electron chi connectivity index (χ1n) is 12.4. The van der Waals surface area contributed by atoms with Gasteiger partial charge in [0.05, 0.1) is 5.69 Å². The number of carbonyl (C=O) groups is 2. The average Bonchev–Trinajstić information content (AvgIpc) is 3.27. The zero-order chi connectivity index (χ0) is 28.6. The molecule has 1 aliphatic carbocycles. The van der Waals surface area contributed by atoms with Crippen molar-refractivity contribution >= 4 is 46.5 Å². The fourth-order valence-corrected chi connectivity index (χ4v) is 5.36. The fraction of sp³-hybridized carbons (Fsp3) is 0.296. The van der Waals surface area contributed by atoms with Crippen LogP contribution < -0.4 is 15.2 Å². The zero-order valence-corrected chi connectivity index (χ0v) is 22.4. The molecule has 40 heavy (non-hydrogen) atoms. The third kappa shape index (κ3) is 5.73. The molecule has 8 nitrogen and oxygen atoms in total. The number of pyridine rings is 1. The van der Waals surface area contributed by atoms with E-state index in [0.29, 0.717) is 10.2 Å². The summed E-state index contributed by atoms with van der Waals surface area (Å²) in [4.78, 5) is 32.2. The lowest BCUT2D eigenvalue weighted by molar-refractivity contribution is -0.153. The molecule has 1 aliphatic heterocycles. The van der Waals surface area contributed by atoms with Gasteiger partial charge in [0.1, 0.15) is 17.8 Å². The van der Waals surface area contributed by atoms with Crippen molar-refractivity contribution in [2.75, 3.05) is 9.91 Å². The number of nitrogens with one attached hydrogen (secondary N) is 1. The number of anilines is 2. The molecule has 2 heterocycles. The molecule has 2 amide bonds. The van der Waals surface area contributed by atoms with Crippen LogP contribution in [0.4, 0.5) is 24.7 Å². The smallest absolute Gasteiger partial charge is 0.252 e. The molecule has 0 bridgehead atoms. The van der Waals surface area contributed by atoms with Crippen LogP contribution in [0.3, 0.4) is 0 Å². The van der Waals surface area contributed by atoms with Crippen LogP contribution in [-0.4, -0.2) is 45.3 Å². The first-order valence-corrected chi connectivity index (χ1v) is 13.2. The number of hydrogen-bond donors (Lipinski definition) is 2. The predicted molar refractivity (Wildman–Crippen MR) is 143 cm³/mol. The molecule has 2 fully saturated rings. The van der Waals surface area contributed by atoms with Crippen LogP contribution in [0.1, 0.15) is 37.3 Å². The first kappa shape index (κ1) is 28.2. The highest BCUT2D eigenvalue weighted by atomic mass is 35.5. The van der Waals surface area contributed by atoms with Gasteiger partial charge >= 0.3 is 0 Å². The highest BCUT2D eigenvalue weighted by molar-refractivity contribution is 6.31. The second kappa shape index (κ2) is 11.2. The van der Waals surface area contributed by atoms with E-state index < -0.39 is 48.7 Å². The number of rotatable bonds is 8.